The number of carbonyl (C=O) groups is 1. The first-order chi connectivity index (χ1) is 14.9. The molecule has 0 bridgehead atoms. The van der Waals surface area contributed by atoms with Crippen LogP contribution in [0.5, 0.6) is 5.88 Å². The summed E-state index contributed by atoms with van der Waals surface area (Å²) in [6.45, 7) is 7.58. The molecule has 0 fully saturated rings. The van der Waals surface area contributed by atoms with E-state index in [1.807, 2.05) is 25.1 Å². The smallest absolute Gasteiger partial charge is 0.244 e. The Bertz CT molecular complexity index is 890. The van der Waals surface area contributed by atoms with E-state index in [9.17, 15) is 4.79 Å². The number of benzene rings is 1. The predicted octanol–water partition coefficient (Wildman–Crippen LogP) is 6.83. The zero-order valence-electron chi connectivity index (χ0n) is 19.0. The number of ether oxygens (including phenoxy) is 1. The van der Waals surface area contributed by atoms with Crippen LogP contribution < -0.4 is 10.1 Å². The van der Waals surface area contributed by atoms with E-state index in [1.54, 1.807) is 6.08 Å². The zero-order chi connectivity index (χ0) is 22.5. The molecule has 2 aromatic rings. The van der Waals surface area contributed by atoms with Crippen LogP contribution in [0.2, 0.25) is 0 Å². The van der Waals surface area contributed by atoms with Gasteiger partial charge in [-0.25, -0.2) is 4.98 Å². The molecule has 1 heterocycles. The van der Waals surface area contributed by atoms with Crippen molar-refractivity contribution >= 4 is 39.4 Å². The van der Waals surface area contributed by atoms with Crippen LogP contribution in [0.25, 0.3) is 10.9 Å². The summed E-state index contributed by atoms with van der Waals surface area (Å²) in [6, 6.07) is 10.3. The molecule has 0 aliphatic heterocycles. The monoisotopic (exact) mass is 534 g/mol. The molecule has 0 aliphatic rings. The zero-order valence-corrected chi connectivity index (χ0v) is 21.2. The van der Waals surface area contributed by atoms with Crippen LogP contribution in [0.15, 0.2) is 54.1 Å². The minimum Gasteiger partial charge on any atom is -0.478 e. The molecular formula is C26H35IN2O2. The van der Waals surface area contributed by atoms with Crippen LogP contribution in [-0.4, -0.2) is 24.0 Å². The van der Waals surface area contributed by atoms with Crippen molar-refractivity contribution in [2.45, 2.75) is 59.3 Å². The van der Waals surface area contributed by atoms with Crippen LogP contribution in [0.1, 0.15) is 59.3 Å². The van der Waals surface area contributed by atoms with Gasteiger partial charge in [-0.3, -0.25) is 4.79 Å². The Kier molecular flexibility index (Phi) is 11.6. The molecule has 31 heavy (non-hydrogen) atoms. The summed E-state index contributed by atoms with van der Waals surface area (Å²) in [7, 11) is 0. The van der Waals surface area contributed by atoms with Gasteiger partial charge in [-0.1, -0.05) is 45.3 Å². The minimum absolute atomic E-state index is 0.00766. The van der Waals surface area contributed by atoms with Crippen molar-refractivity contribution in [2.75, 3.05) is 13.2 Å². The summed E-state index contributed by atoms with van der Waals surface area (Å²) in [5.74, 6) is 1.17. The number of aromatic nitrogens is 1. The van der Waals surface area contributed by atoms with Gasteiger partial charge in [-0.05, 0) is 84.5 Å². The Morgan fingerprint density at radius 2 is 1.90 bits per heavy atom. The van der Waals surface area contributed by atoms with Crippen LogP contribution in [0.4, 0.5) is 0 Å². The maximum absolute atomic E-state index is 11.7. The Morgan fingerprint density at radius 1 is 1.13 bits per heavy atom. The summed E-state index contributed by atoms with van der Waals surface area (Å²) < 4.78 is 7.03. The molecule has 0 unspecified atom stereocenters. The third-order valence-corrected chi connectivity index (χ3v) is 5.49. The summed E-state index contributed by atoms with van der Waals surface area (Å²) in [6.07, 6.45) is 12.8. The Morgan fingerprint density at radius 3 is 2.71 bits per heavy atom. The van der Waals surface area contributed by atoms with Crippen LogP contribution in [-0.2, 0) is 4.79 Å². The van der Waals surface area contributed by atoms with E-state index < -0.39 is 0 Å². The first kappa shape index (κ1) is 25.4. The van der Waals surface area contributed by atoms with Crippen molar-refractivity contribution in [3.05, 3.63) is 57.7 Å². The molecule has 0 saturated carbocycles. The number of hydrogen-bond acceptors (Lipinski definition) is 3. The van der Waals surface area contributed by atoms with E-state index in [0.717, 1.165) is 35.9 Å². The minimum atomic E-state index is -0.00766. The topological polar surface area (TPSA) is 51.2 Å². The van der Waals surface area contributed by atoms with Crippen LogP contribution in [0.3, 0.4) is 0 Å². The fourth-order valence-electron chi connectivity index (χ4n) is 3.11. The average molecular weight is 534 g/mol. The SMILES string of the molecule is CC(C=CCCCCCCCOc1ccc2cc(I)ccc2n1)=CC(=O)NCC(C)C. The fraction of sp³-hybridized carbons (Fsp3) is 0.462. The summed E-state index contributed by atoms with van der Waals surface area (Å²) >= 11 is 2.31. The Balaban J connectivity index is 1.52. The van der Waals surface area contributed by atoms with Gasteiger partial charge < -0.3 is 10.1 Å². The van der Waals surface area contributed by atoms with Gasteiger partial charge in [-0.15, -0.1) is 0 Å². The molecule has 2 rings (SSSR count). The molecule has 1 aromatic carbocycles. The first-order valence-corrected chi connectivity index (χ1v) is 12.3. The van der Waals surface area contributed by atoms with Crippen molar-refractivity contribution in [2.24, 2.45) is 5.92 Å². The van der Waals surface area contributed by atoms with Gasteiger partial charge in [0, 0.05) is 27.6 Å². The van der Waals surface area contributed by atoms with E-state index in [4.69, 9.17) is 4.74 Å². The molecule has 4 nitrogen and oxygen atoms in total. The second-order valence-electron chi connectivity index (χ2n) is 8.32. The highest BCUT2D eigenvalue weighted by Crippen LogP contribution is 2.19. The lowest BCUT2D eigenvalue weighted by Crippen LogP contribution is -2.25. The Labute approximate surface area is 200 Å². The van der Waals surface area contributed by atoms with E-state index in [1.165, 1.54) is 29.3 Å². The van der Waals surface area contributed by atoms with Gasteiger partial charge in [0.25, 0.3) is 0 Å². The molecule has 0 atom stereocenters. The highest BCUT2D eigenvalue weighted by atomic mass is 127. The molecule has 1 N–H and O–H groups in total. The van der Waals surface area contributed by atoms with Crippen molar-refractivity contribution < 1.29 is 9.53 Å². The van der Waals surface area contributed by atoms with E-state index in [-0.39, 0.29) is 5.91 Å². The highest BCUT2D eigenvalue weighted by Gasteiger charge is 2.01. The third kappa shape index (κ3) is 10.8. The lowest BCUT2D eigenvalue weighted by molar-refractivity contribution is -0.116. The molecule has 0 aliphatic carbocycles. The number of allylic oxidation sites excluding steroid dienone is 3. The van der Waals surface area contributed by atoms with E-state index in [0.29, 0.717) is 18.4 Å². The molecule has 0 spiro atoms. The molecule has 5 heteroatoms. The van der Waals surface area contributed by atoms with Crippen molar-refractivity contribution in [3.63, 3.8) is 0 Å². The molecule has 0 radical (unpaired) electrons. The summed E-state index contributed by atoms with van der Waals surface area (Å²) in [5, 5.41) is 4.05. The molecule has 1 amide bonds. The molecule has 0 saturated heterocycles. The summed E-state index contributed by atoms with van der Waals surface area (Å²) in [5.41, 5.74) is 1.97. The number of nitrogens with one attached hydrogen (secondary N) is 1. The van der Waals surface area contributed by atoms with Gasteiger partial charge in [-0.2, -0.15) is 0 Å². The lowest BCUT2D eigenvalue weighted by Gasteiger charge is -2.06. The largest absolute Gasteiger partial charge is 0.478 e. The van der Waals surface area contributed by atoms with Gasteiger partial charge in [0.05, 0.1) is 12.1 Å². The summed E-state index contributed by atoms with van der Waals surface area (Å²) in [4.78, 5) is 16.3. The van der Waals surface area contributed by atoms with Crippen molar-refractivity contribution in [1.82, 2.24) is 10.3 Å². The normalized spacial score (nSPS) is 12.1. The van der Waals surface area contributed by atoms with Crippen molar-refractivity contribution in [1.29, 1.82) is 0 Å². The standard InChI is InChI=1S/C26H35IN2O2/c1-20(2)19-28-25(30)17-21(3)11-9-7-5-4-6-8-10-16-31-26-15-12-22-18-23(27)13-14-24(22)29-26/h9,11-15,17-18,20H,4-8,10,16,19H2,1-3H3,(H,28,30). The van der Waals surface area contributed by atoms with Gasteiger partial charge in [0.2, 0.25) is 11.8 Å². The van der Waals surface area contributed by atoms with Crippen molar-refractivity contribution in [3.8, 4) is 5.88 Å². The molecular weight excluding hydrogens is 499 g/mol. The Hall–Kier alpha value is -1.89. The number of nitrogens with zero attached hydrogens (tertiary/aromatic N) is 1. The van der Waals surface area contributed by atoms with Gasteiger partial charge in [0.15, 0.2) is 0 Å². The maximum atomic E-state index is 11.7. The maximum Gasteiger partial charge on any atom is 0.244 e. The quantitative estimate of drug-likeness (QED) is 0.133. The number of carbonyl (C=O) groups excluding carboxylic acids is 1. The van der Waals surface area contributed by atoms with Crippen LogP contribution in [0, 0.1) is 9.49 Å². The average Bonchev–Trinajstić information content (AvgIpc) is 2.73. The number of rotatable bonds is 13. The third-order valence-electron chi connectivity index (χ3n) is 4.81. The highest BCUT2D eigenvalue weighted by molar-refractivity contribution is 14.1. The van der Waals surface area contributed by atoms with E-state index >= 15 is 0 Å². The number of hydrogen-bond donors (Lipinski definition) is 1. The molecule has 168 valence electrons. The van der Waals surface area contributed by atoms with Gasteiger partial charge >= 0.3 is 0 Å². The number of halogens is 1. The lowest BCUT2D eigenvalue weighted by atomic mass is 10.1. The second kappa shape index (κ2) is 14.2. The number of pyridine rings is 1. The fourth-order valence-corrected chi connectivity index (χ4v) is 3.62. The first-order valence-electron chi connectivity index (χ1n) is 11.3. The van der Waals surface area contributed by atoms with Gasteiger partial charge in [0.1, 0.15) is 0 Å². The van der Waals surface area contributed by atoms with E-state index in [2.05, 4.69) is 71.0 Å². The number of unbranched alkanes of at least 4 members (excludes halogenated alkanes) is 5. The predicted molar refractivity (Wildman–Crippen MR) is 138 cm³/mol. The van der Waals surface area contributed by atoms with Crippen LogP contribution >= 0.6 is 22.6 Å². The second-order valence-corrected chi connectivity index (χ2v) is 9.57. The number of fused-ring (bicyclic) bond motifs is 1. The number of amides is 1. The molecule has 1 aromatic heterocycles.